The van der Waals surface area contributed by atoms with Crippen LogP contribution in [0, 0.1) is 6.92 Å². The van der Waals surface area contributed by atoms with E-state index in [9.17, 15) is 5.11 Å². The van der Waals surface area contributed by atoms with Gasteiger partial charge in [0.25, 0.3) is 0 Å². The molecule has 0 aliphatic carbocycles. The Morgan fingerprint density at radius 1 is 0.952 bits per heavy atom. The van der Waals surface area contributed by atoms with E-state index in [4.69, 9.17) is 0 Å². The van der Waals surface area contributed by atoms with Crippen LogP contribution in [0.4, 0.5) is 0 Å². The number of fused-ring (bicyclic) bond motifs is 1. The van der Waals surface area contributed by atoms with Gasteiger partial charge in [0.05, 0.1) is 0 Å². The summed E-state index contributed by atoms with van der Waals surface area (Å²) >= 11 is 0. The first-order valence-corrected chi connectivity index (χ1v) is 7.70. The predicted octanol–water partition coefficient (Wildman–Crippen LogP) is 6.58. The molecule has 0 amide bonds. The lowest BCUT2D eigenvalue weighted by atomic mass is 9.93. The van der Waals surface area contributed by atoms with Gasteiger partial charge in [0.1, 0.15) is 5.75 Å². The number of phenolic OH excluding ortho intramolecular Hbond substituents is 1. The minimum absolute atomic E-state index is 0.314. The van der Waals surface area contributed by atoms with Crippen LogP contribution in [0.25, 0.3) is 22.9 Å². The maximum absolute atomic E-state index is 10.3. The van der Waals surface area contributed by atoms with E-state index in [0.29, 0.717) is 5.75 Å². The van der Waals surface area contributed by atoms with Gasteiger partial charge in [0.15, 0.2) is 0 Å². The highest BCUT2D eigenvalue weighted by Gasteiger charge is 2.12. The van der Waals surface area contributed by atoms with E-state index in [-0.39, 0.29) is 0 Å². The van der Waals surface area contributed by atoms with E-state index in [2.05, 4.69) is 13.5 Å². The molecule has 0 radical (unpaired) electrons. The quantitative estimate of drug-likeness (QED) is 0.660. The van der Waals surface area contributed by atoms with E-state index in [0.717, 1.165) is 21.9 Å². The molecular formula is C20H28O. The Bertz CT molecular complexity index is 607. The van der Waals surface area contributed by atoms with E-state index >= 15 is 0 Å². The van der Waals surface area contributed by atoms with Crippen LogP contribution in [0.15, 0.2) is 36.9 Å². The molecule has 0 bridgehead atoms. The summed E-state index contributed by atoms with van der Waals surface area (Å²) in [5.74, 6) is 0.314. The van der Waals surface area contributed by atoms with Crippen LogP contribution >= 0.6 is 0 Å². The fourth-order valence-corrected chi connectivity index (χ4v) is 2.22. The predicted molar refractivity (Wildman–Crippen MR) is 97.8 cm³/mol. The third-order valence-corrected chi connectivity index (χ3v) is 3.07. The molecule has 114 valence electrons. The van der Waals surface area contributed by atoms with Gasteiger partial charge in [-0.1, -0.05) is 76.8 Å². The first-order chi connectivity index (χ1) is 10.2. The molecule has 0 saturated carbocycles. The van der Waals surface area contributed by atoms with Crippen LogP contribution < -0.4 is 0 Å². The molecule has 1 heteroatoms. The number of aryl methyl sites for hydroxylation is 1. The fourth-order valence-electron chi connectivity index (χ4n) is 2.22. The lowest BCUT2D eigenvalue weighted by Gasteiger charge is -2.13. The number of benzene rings is 2. The molecule has 1 nitrogen and oxygen atoms in total. The molecule has 0 saturated heterocycles. The molecule has 0 unspecified atom stereocenters. The van der Waals surface area contributed by atoms with Crippen molar-refractivity contribution in [1.82, 2.24) is 0 Å². The summed E-state index contributed by atoms with van der Waals surface area (Å²) in [6.45, 7) is 15.8. The highest BCUT2D eigenvalue weighted by Crippen LogP contribution is 2.36. The summed E-state index contributed by atoms with van der Waals surface area (Å²) in [7, 11) is 0. The van der Waals surface area contributed by atoms with Gasteiger partial charge in [-0.25, -0.2) is 0 Å². The van der Waals surface area contributed by atoms with Crippen LogP contribution in [-0.2, 0) is 0 Å². The Balaban J connectivity index is 0.000000921. The lowest BCUT2D eigenvalue weighted by molar-refractivity contribution is 0.480. The van der Waals surface area contributed by atoms with Crippen molar-refractivity contribution in [2.45, 2.75) is 41.5 Å². The van der Waals surface area contributed by atoms with E-state index in [1.165, 1.54) is 5.56 Å². The molecule has 2 rings (SSSR count). The van der Waals surface area contributed by atoms with Gasteiger partial charge in [-0.15, -0.1) is 0 Å². The average Bonchev–Trinajstić information content (AvgIpc) is 2.56. The first kappa shape index (κ1) is 19.0. The highest BCUT2D eigenvalue weighted by atomic mass is 16.3. The van der Waals surface area contributed by atoms with Crippen molar-refractivity contribution in [3.05, 3.63) is 53.6 Å². The Kier molecular flexibility index (Phi) is 8.87. The standard InChI is InChI=1S/C16H16O.2C2H6/c1-4-8-13-11(3)14-9-6-7-10-15(14)16(17)12(13)5-2;2*1-2/h4-10,17H,2H2,1,3H3;2*1-2H3/b8-4-;;. The zero-order valence-electron chi connectivity index (χ0n) is 14.2. The monoisotopic (exact) mass is 284 g/mol. The second-order valence-electron chi connectivity index (χ2n) is 4.05. The van der Waals surface area contributed by atoms with Crippen molar-refractivity contribution in [3.8, 4) is 5.75 Å². The van der Waals surface area contributed by atoms with Gasteiger partial charge < -0.3 is 5.11 Å². The molecule has 0 fully saturated rings. The summed E-state index contributed by atoms with van der Waals surface area (Å²) in [5, 5.41) is 12.2. The normalized spacial score (nSPS) is 9.62. The smallest absolute Gasteiger partial charge is 0.131 e. The summed E-state index contributed by atoms with van der Waals surface area (Å²) in [4.78, 5) is 0. The Morgan fingerprint density at radius 3 is 1.95 bits per heavy atom. The maximum Gasteiger partial charge on any atom is 0.131 e. The number of aromatic hydroxyl groups is 1. The lowest BCUT2D eigenvalue weighted by Crippen LogP contribution is -1.90. The van der Waals surface area contributed by atoms with Crippen molar-refractivity contribution in [3.63, 3.8) is 0 Å². The van der Waals surface area contributed by atoms with Crippen LogP contribution in [0.2, 0.25) is 0 Å². The van der Waals surface area contributed by atoms with E-state index < -0.39 is 0 Å². The van der Waals surface area contributed by atoms with Crippen molar-refractivity contribution in [1.29, 1.82) is 0 Å². The van der Waals surface area contributed by atoms with Crippen LogP contribution in [-0.4, -0.2) is 5.11 Å². The minimum atomic E-state index is 0.314. The summed E-state index contributed by atoms with van der Waals surface area (Å²) in [6, 6.07) is 7.89. The molecular weight excluding hydrogens is 256 g/mol. The number of phenols is 1. The molecule has 0 aromatic heterocycles. The Morgan fingerprint density at radius 2 is 1.48 bits per heavy atom. The average molecular weight is 284 g/mol. The highest BCUT2D eigenvalue weighted by molar-refractivity contribution is 5.97. The van der Waals surface area contributed by atoms with E-state index in [1.807, 2.05) is 71.0 Å². The third kappa shape index (κ3) is 3.98. The second-order valence-corrected chi connectivity index (χ2v) is 4.05. The van der Waals surface area contributed by atoms with Gasteiger partial charge in [-0.05, 0) is 30.4 Å². The third-order valence-electron chi connectivity index (χ3n) is 3.07. The van der Waals surface area contributed by atoms with Crippen molar-refractivity contribution in [2.24, 2.45) is 0 Å². The summed E-state index contributed by atoms with van der Waals surface area (Å²) in [6.07, 6.45) is 5.70. The molecule has 1 N–H and O–H groups in total. The fraction of sp³-hybridized carbons (Fsp3) is 0.300. The molecule has 0 spiro atoms. The van der Waals surface area contributed by atoms with Gasteiger partial charge in [0, 0.05) is 10.9 Å². The van der Waals surface area contributed by atoms with Crippen molar-refractivity contribution in [2.75, 3.05) is 0 Å². The zero-order valence-corrected chi connectivity index (χ0v) is 14.2. The maximum atomic E-state index is 10.3. The molecule has 0 aliphatic heterocycles. The van der Waals surface area contributed by atoms with Crippen LogP contribution in [0.5, 0.6) is 5.75 Å². The number of allylic oxidation sites excluding steroid dienone is 1. The summed E-state index contributed by atoms with van der Waals surface area (Å²) < 4.78 is 0. The molecule has 2 aromatic carbocycles. The van der Waals surface area contributed by atoms with Gasteiger partial charge in [0.2, 0.25) is 0 Å². The molecule has 0 heterocycles. The SMILES string of the molecule is C=Cc1c(/C=C\C)c(C)c2ccccc2c1O.CC.CC. The number of hydrogen-bond donors (Lipinski definition) is 1. The molecule has 0 aliphatic rings. The Labute approximate surface area is 129 Å². The minimum Gasteiger partial charge on any atom is -0.507 e. The van der Waals surface area contributed by atoms with Crippen molar-refractivity contribution < 1.29 is 5.11 Å². The van der Waals surface area contributed by atoms with Crippen LogP contribution in [0.1, 0.15) is 51.3 Å². The molecule has 0 atom stereocenters. The largest absolute Gasteiger partial charge is 0.507 e. The topological polar surface area (TPSA) is 20.2 Å². The van der Waals surface area contributed by atoms with Gasteiger partial charge >= 0.3 is 0 Å². The molecule has 21 heavy (non-hydrogen) atoms. The zero-order chi connectivity index (χ0) is 16.4. The number of rotatable bonds is 2. The summed E-state index contributed by atoms with van der Waals surface area (Å²) in [5.41, 5.74) is 3.02. The second kappa shape index (κ2) is 9.82. The Hall–Kier alpha value is -2.02. The van der Waals surface area contributed by atoms with Gasteiger partial charge in [-0.2, -0.15) is 0 Å². The van der Waals surface area contributed by atoms with E-state index in [1.54, 1.807) is 6.08 Å². The van der Waals surface area contributed by atoms with Gasteiger partial charge in [-0.3, -0.25) is 0 Å². The molecule has 2 aromatic rings. The number of hydrogen-bond acceptors (Lipinski definition) is 1. The van der Waals surface area contributed by atoms with Crippen molar-refractivity contribution >= 4 is 22.9 Å². The van der Waals surface area contributed by atoms with Crippen LogP contribution in [0.3, 0.4) is 0 Å². The first-order valence-electron chi connectivity index (χ1n) is 7.70.